The van der Waals surface area contributed by atoms with E-state index in [1.807, 2.05) is 0 Å². The Balaban J connectivity index is 1.68. The molecule has 0 spiro atoms. The SMILES string of the molecule is O=C(Nc1ccc(C(F)(F)F)cc1)c1ccc(Nc2c(F)cccc2F)cn1. The van der Waals surface area contributed by atoms with Crippen molar-refractivity contribution in [1.29, 1.82) is 0 Å². The maximum atomic E-state index is 13.6. The number of amides is 1. The molecule has 0 saturated carbocycles. The van der Waals surface area contributed by atoms with Gasteiger partial charge in [-0.25, -0.2) is 13.8 Å². The standard InChI is InChI=1S/C19H12F5N3O/c20-14-2-1-3-15(21)17(14)26-13-8-9-16(25-10-13)18(28)27-12-6-4-11(5-7-12)19(22,23)24/h1-10,26H,(H,27,28). The van der Waals surface area contributed by atoms with Crippen LogP contribution in [0.25, 0.3) is 0 Å². The number of nitrogens with one attached hydrogen (secondary N) is 2. The summed E-state index contributed by atoms with van der Waals surface area (Å²) in [5.41, 5.74) is -0.810. The molecule has 0 saturated heterocycles. The predicted molar refractivity (Wildman–Crippen MR) is 93.3 cm³/mol. The van der Waals surface area contributed by atoms with Crippen LogP contribution in [0.5, 0.6) is 0 Å². The number of benzene rings is 2. The van der Waals surface area contributed by atoms with Crippen molar-refractivity contribution in [3.8, 4) is 0 Å². The highest BCUT2D eigenvalue weighted by molar-refractivity contribution is 6.02. The zero-order valence-electron chi connectivity index (χ0n) is 14.0. The molecule has 1 aromatic heterocycles. The Morgan fingerprint density at radius 2 is 1.46 bits per heavy atom. The second kappa shape index (κ2) is 7.63. The van der Waals surface area contributed by atoms with Crippen LogP contribution in [0, 0.1) is 11.6 Å². The van der Waals surface area contributed by atoms with Crippen LogP contribution in [-0.4, -0.2) is 10.9 Å². The lowest BCUT2D eigenvalue weighted by Gasteiger charge is -2.10. The highest BCUT2D eigenvalue weighted by Crippen LogP contribution is 2.30. The van der Waals surface area contributed by atoms with Crippen LogP contribution in [0.3, 0.4) is 0 Å². The van der Waals surface area contributed by atoms with Crippen LogP contribution >= 0.6 is 0 Å². The van der Waals surface area contributed by atoms with E-state index in [4.69, 9.17) is 0 Å². The van der Waals surface area contributed by atoms with Gasteiger partial charge in [0.2, 0.25) is 0 Å². The quantitative estimate of drug-likeness (QED) is 0.586. The van der Waals surface area contributed by atoms with E-state index in [-0.39, 0.29) is 22.8 Å². The summed E-state index contributed by atoms with van der Waals surface area (Å²) in [4.78, 5) is 16.0. The smallest absolute Gasteiger partial charge is 0.349 e. The maximum Gasteiger partial charge on any atom is 0.416 e. The van der Waals surface area contributed by atoms with Gasteiger partial charge in [0.05, 0.1) is 17.4 Å². The van der Waals surface area contributed by atoms with E-state index in [1.165, 1.54) is 24.4 Å². The predicted octanol–water partition coefficient (Wildman–Crippen LogP) is 5.37. The monoisotopic (exact) mass is 393 g/mol. The number of anilines is 3. The molecular weight excluding hydrogens is 381 g/mol. The number of para-hydroxylation sites is 1. The Morgan fingerprint density at radius 1 is 0.857 bits per heavy atom. The van der Waals surface area contributed by atoms with Gasteiger partial charge in [0, 0.05) is 5.69 Å². The van der Waals surface area contributed by atoms with E-state index in [9.17, 15) is 26.7 Å². The molecule has 2 aromatic carbocycles. The van der Waals surface area contributed by atoms with E-state index < -0.39 is 29.3 Å². The van der Waals surface area contributed by atoms with Gasteiger partial charge in [0.1, 0.15) is 23.0 Å². The molecule has 28 heavy (non-hydrogen) atoms. The average Bonchev–Trinajstić information content (AvgIpc) is 2.65. The van der Waals surface area contributed by atoms with Crippen LogP contribution in [0.1, 0.15) is 16.1 Å². The first-order chi connectivity index (χ1) is 13.2. The minimum Gasteiger partial charge on any atom is -0.349 e. The van der Waals surface area contributed by atoms with Gasteiger partial charge in [-0.2, -0.15) is 13.2 Å². The topological polar surface area (TPSA) is 54.0 Å². The maximum absolute atomic E-state index is 13.6. The lowest BCUT2D eigenvalue weighted by Crippen LogP contribution is -2.14. The van der Waals surface area contributed by atoms with Crippen LogP contribution in [-0.2, 0) is 6.18 Å². The fraction of sp³-hybridized carbons (Fsp3) is 0.0526. The Hall–Kier alpha value is -3.49. The molecule has 3 rings (SSSR count). The van der Waals surface area contributed by atoms with E-state index in [0.29, 0.717) is 0 Å². The number of carbonyl (C=O) groups excluding carboxylic acids is 1. The average molecular weight is 393 g/mol. The Labute approximate surface area is 156 Å². The third-order valence-electron chi connectivity index (χ3n) is 3.70. The summed E-state index contributed by atoms with van der Waals surface area (Å²) >= 11 is 0. The molecule has 3 aromatic rings. The first kappa shape index (κ1) is 19.3. The van der Waals surface area contributed by atoms with Gasteiger partial charge < -0.3 is 10.6 Å². The Kier molecular flexibility index (Phi) is 5.25. The normalized spacial score (nSPS) is 11.2. The van der Waals surface area contributed by atoms with Crippen molar-refractivity contribution < 1.29 is 26.7 Å². The summed E-state index contributed by atoms with van der Waals surface area (Å²) < 4.78 is 64.9. The molecule has 0 aliphatic heterocycles. The van der Waals surface area contributed by atoms with Crippen LogP contribution in [0.4, 0.5) is 39.0 Å². The molecule has 9 heteroatoms. The number of hydrogen-bond donors (Lipinski definition) is 2. The molecule has 0 bridgehead atoms. The lowest BCUT2D eigenvalue weighted by molar-refractivity contribution is -0.137. The number of aromatic nitrogens is 1. The van der Waals surface area contributed by atoms with Crippen LogP contribution in [0.2, 0.25) is 0 Å². The van der Waals surface area contributed by atoms with Gasteiger partial charge >= 0.3 is 6.18 Å². The fourth-order valence-electron chi connectivity index (χ4n) is 2.30. The van der Waals surface area contributed by atoms with Crippen molar-refractivity contribution in [2.24, 2.45) is 0 Å². The third kappa shape index (κ3) is 4.43. The molecule has 4 nitrogen and oxygen atoms in total. The van der Waals surface area contributed by atoms with E-state index in [1.54, 1.807) is 0 Å². The summed E-state index contributed by atoms with van der Waals surface area (Å²) in [7, 11) is 0. The molecule has 1 amide bonds. The summed E-state index contributed by atoms with van der Waals surface area (Å²) in [6.07, 6.45) is -3.27. The second-order valence-corrected chi connectivity index (χ2v) is 5.68. The lowest BCUT2D eigenvalue weighted by atomic mass is 10.2. The molecule has 0 aliphatic carbocycles. The second-order valence-electron chi connectivity index (χ2n) is 5.68. The highest BCUT2D eigenvalue weighted by atomic mass is 19.4. The zero-order chi connectivity index (χ0) is 20.3. The van der Waals surface area contributed by atoms with Gasteiger partial charge in [0.15, 0.2) is 0 Å². The number of rotatable bonds is 4. The van der Waals surface area contributed by atoms with E-state index >= 15 is 0 Å². The zero-order valence-corrected chi connectivity index (χ0v) is 14.0. The summed E-state index contributed by atoms with van der Waals surface area (Å²) in [5.74, 6) is -2.23. The first-order valence-electron chi connectivity index (χ1n) is 7.90. The molecule has 144 valence electrons. The van der Waals surface area contributed by atoms with Gasteiger partial charge in [-0.3, -0.25) is 4.79 Å². The summed E-state index contributed by atoms with van der Waals surface area (Å²) in [6, 6.07) is 10.0. The van der Waals surface area contributed by atoms with Crippen molar-refractivity contribution in [2.45, 2.75) is 6.18 Å². The molecule has 1 heterocycles. The summed E-state index contributed by atoms with van der Waals surface area (Å²) in [6.45, 7) is 0. The van der Waals surface area contributed by atoms with Crippen LogP contribution in [0.15, 0.2) is 60.8 Å². The molecule has 0 unspecified atom stereocenters. The molecule has 0 fully saturated rings. The highest BCUT2D eigenvalue weighted by Gasteiger charge is 2.30. The van der Waals surface area contributed by atoms with Crippen molar-refractivity contribution in [2.75, 3.05) is 10.6 Å². The minimum atomic E-state index is -4.47. The van der Waals surface area contributed by atoms with Crippen molar-refractivity contribution in [3.05, 3.63) is 83.7 Å². The van der Waals surface area contributed by atoms with Crippen molar-refractivity contribution >= 4 is 23.0 Å². The first-order valence-corrected chi connectivity index (χ1v) is 7.90. The van der Waals surface area contributed by atoms with E-state index in [0.717, 1.165) is 36.4 Å². The largest absolute Gasteiger partial charge is 0.416 e. The number of halogens is 5. The number of nitrogens with zero attached hydrogens (tertiary/aromatic N) is 1. The van der Waals surface area contributed by atoms with E-state index in [2.05, 4.69) is 15.6 Å². The van der Waals surface area contributed by atoms with Gasteiger partial charge in [-0.05, 0) is 48.5 Å². The molecule has 2 N–H and O–H groups in total. The Bertz CT molecular complexity index is 966. The van der Waals surface area contributed by atoms with Crippen molar-refractivity contribution in [3.63, 3.8) is 0 Å². The Morgan fingerprint density at radius 3 is 2.00 bits per heavy atom. The molecule has 0 radical (unpaired) electrons. The van der Waals surface area contributed by atoms with Gasteiger partial charge in [0.25, 0.3) is 5.91 Å². The third-order valence-corrected chi connectivity index (χ3v) is 3.70. The number of pyridine rings is 1. The molecule has 0 aliphatic rings. The van der Waals surface area contributed by atoms with Crippen LogP contribution < -0.4 is 10.6 Å². The molecule has 0 atom stereocenters. The van der Waals surface area contributed by atoms with Gasteiger partial charge in [-0.15, -0.1) is 0 Å². The van der Waals surface area contributed by atoms with Gasteiger partial charge in [-0.1, -0.05) is 6.07 Å². The number of hydrogen-bond acceptors (Lipinski definition) is 3. The number of alkyl halides is 3. The number of carbonyl (C=O) groups is 1. The molecular formula is C19H12F5N3O. The van der Waals surface area contributed by atoms with Crippen molar-refractivity contribution in [1.82, 2.24) is 4.98 Å². The minimum absolute atomic E-state index is 0.0283. The summed E-state index contributed by atoms with van der Waals surface area (Å²) in [5, 5.41) is 4.94. The fourth-order valence-corrected chi connectivity index (χ4v) is 2.30.